The highest BCUT2D eigenvalue weighted by Gasteiger charge is 2.02. The molecule has 0 amide bonds. The molecule has 5 nitrogen and oxygen atoms in total. The van der Waals surface area contributed by atoms with Gasteiger partial charge >= 0.3 is 11.4 Å². The fraction of sp³-hybridized carbons (Fsp3) is 0.0833. The van der Waals surface area contributed by atoms with Crippen LogP contribution in [0.4, 0.5) is 0 Å². The van der Waals surface area contributed by atoms with Gasteiger partial charge in [-0.25, -0.2) is 9.59 Å². The molecule has 0 saturated heterocycles. The predicted octanol–water partition coefficient (Wildman–Crippen LogP) is 0.746. The van der Waals surface area contributed by atoms with Gasteiger partial charge in [0.15, 0.2) is 0 Å². The van der Waals surface area contributed by atoms with Crippen molar-refractivity contribution in [1.82, 2.24) is 4.98 Å². The molecule has 0 aliphatic rings. The number of benzene rings is 1. The lowest BCUT2D eigenvalue weighted by molar-refractivity contribution is 0.460. The summed E-state index contributed by atoms with van der Waals surface area (Å²) >= 11 is 0. The minimum absolute atomic E-state index is 0.123. The van der Waals surface area contributed by atoms with E-state index < -0.39 is 11.4 Å². The largest absolute Gasteiger partial charge is 0.419 e. The van der Waals surface area contributed by atoms with Gasteiger partial charge in [-0.2, -0.15) is 5.26 Å². The first-order valence-electron chi connectivity index (χ1n) is 4.74. The summed E-state index contributed by atoms with van der Waals surface area (Å²) in [6.45, 7) is 0. The minimum Gasteiger partial charge on any atom is -0.372 e. The molecule has 2 aromatic rings. The highest BCUT2D eigenvalue weighted by Crippen LogP contribution is 2.07. The third-order valence-corrected chi connectivity index (χ3v) is 2.06. The smallest absolute Gasteiger partial charge is 0.372 e. The number of nitriles is 1. The van der Waals surface area contributed by atoms with E-state index in [0.29, 0.717) is 11.1 Å². The molecule has 0 aliphatic carbocycles. The number of rotatable bonds is 0. The Hall–Kier alpha value is -2.79. The first-order chi connectivity index (χ1) is 8.20. The molecular weight excluding hydrogens is 220 g/mol. The van der Waals surface area contributed by atoms with E-state index >= 15 is 0 Å². The van der Waals surface area contributed by atoms with Crippen molar-refractivity contribution in [1.29, 1.82) is 5.26 Å². The lowest BCUT2D eigenvalue weighted by Crippen LogP contribution is -2.14. The number of aromatic nitrogens is 1. The van der Waals surface area contributed by atoms with Gasteiger partial charge in [0.25, 0.3) is 0 Å². The Balaban J connectivity index is 2.60. The van der Waals surface area contributed by atoms with Crippen LogP contribution in [0.2, 0.25) is 0 Å². The van der Waals surface area contributed by atoms with Crippen molar-refractivity contribution in [3.05, 3.63) is 44.7 Å². The maximum Gasteiger partial charge on any atom is 0.419 e. The number of hydrogen-bond acceptors (Lipinski definition) is 4. The SMILES string of the molecule is N#CCC#Cc1ccc2[nH]c(=O)oc(=O)c2c1. The molecule has 1 N–H and O–H groups in total. The zero-order valence-electron chi connectivity index (χ0n) is 8.61. The maximum atomic E-state index is 11.4. The van der Waals surface area contributed by atoms with E-state index in [9.17, 15) is 9.59 Å². The van der Waals surface area contributed by atoms with E-state index in [1.165, 1.54) is 6.07 Å². The Bertz CT molecular complexity index is 781. The Labute approximate surface area is 95.3 Å². The van der Waals surface area contributed by atoms with Crippen molar-refractivity contribution in [2.45, 2.75) is 6.42 Å². The molecule has 5 heteroatoms. The molecule has 1 aromatic heterocycles. The van der Waals surface area contributed by atoms with Crippen LogP contribution in [0.25, 0.3) is 10.9 Å². The highest BCUT2D eigenvalue weighted by molar-refractivity contribution is 5.78. The summed E-state index contributed by atoms with van der Waals surface area (Å²) in [4.78, 5) is 24.7. The second-order valence-corrected chi connectivity index (χ2v) is 3.20. The van der Waals surface area contributed by atoms with Crippen LogP contribution in [-0.2, 0) is 0 Å². The van der Waals surface area contributed by atoms with Gasteiger partial charge < -0.3 is 4.42 Å². The third kappa shape index (κ3) is 2.24. The quantitative estimate of drug-likeness (QED) is 0.671. The van der Waals surface area contributed by atoms with Crippen LogP contribution in [-0.4, -0.2) is 4.98 Å². The van der Waals surface area contributed by atoms with Gasteiger partial charge in [0.2, 0.25) is 0 Å². The van der Waals surface area contributed by atoms with Gasteiger partial charge in [0, 0.05) is 5.56 Å². The summed E-state index contributed by atoms with van der Waals surface area (Å²) in [6, 6.07) is 6.64. The average Bonchev–Trinajstić information content (AvgIpc) is 2.30. The summed E-state index contributed by atoms with van der Waals surface area (Å²) in [7, 11) is 0. The predicted molar refractivity (Wildman–Crippen MR) is 60.2 cm³/mol. The van der Waals surface area contributed by atoms with E-state index in [1.54, 1.807) is 12.1 Å². The number of fused-ring (bicyclic) bond motifs is 1. The van der Waals surface area contributed by atoms with Crippen LogP contribution in [0.1, 0.15) is 12.0 Å². The first-order valence-corrected chi connectivity index (χ1v) is 4.74. The molecule has 0 spiro atoms. The van der Waals surface area contributed by atoms with E-state index in [-0.39, 0.29) is 11.8 Å². The molecule has 2 rings (SSSR count). The molecule has 0 radical (unpaired) electrons. The van der Waals surface area contributed by atoms with Gasteiger partial charge in [-0.3, -0.25) is 4.98 Å². The molecule has 82 valence electrons. The second-order valence-electron chi connectivity index (χ2n) is 3.20. The van der Waals surface area contributed by atoms with Crippen LogP contribution in [0.15, 0.2) is 32.2 Å². The molecule has 1 heterocycles. The fourth-order valence-electron chi connectivity index (χ4n) is 1.36. The van der Waals surface area contributed by atoms with Crippen LogP contribution in [0, 0.1) is 23.2 Å². The van der Waals surface area contributed by atoms with Crippen molar-refractivity contribution in [2.75, 3.05) is 0 Å². The molecule has 1 aromatic carbocycles. The highest BCUT2D eigenvalue weighted by atomic mass is 16.4. The normalized spacial score (nSPS) is 9.35. The Morgan fingerprint density at radius 2 is 2.18 bits per heavy atom. The fourth-order valence-corrected chi connectivity index (χ4v) is 1.36. The van der Waals surface area contributed by atoms with Gasteiger partial charge in [-0.15, -0.1) is 0 Å². The molecule has 0 fully saturated rings. The maximum absolute atomic E-state index is 11.4. The van der Waals surface area contributed by atoms with Crippen molar-refractivity contribution >= 4 is 10.9 Å². The van der Waals surface area contributed by atoms with Gasteiger partial charge in [0.05, 0.1) is 23.4 Å². The Morgan fingerprint density at radius 1 is 1.35 bits per heavy atom. The van der Waals surface area contributed by atoms with Crippen LogP contribution in [0.5, 0.6) is 0 Å². The van der Waals surface area contributed by atoms with Crippen LogP contribution < -0.4 is 11.4 Å². The number of nitrogens with one attached hydrogen (secondary N) is 1. The number of nitrogens with zero attached hydrogens (tertiary/aromatic N) is 1. The zero-order valence-corrected chi connectivity index (χ0v) is 8.61. The number of hydrogen-bond donors (Lipinski definition) is 1. The van der Waals surface area contributed by atoms with Gasteiger partial charge in [-0.1, -0.05) is 11.8 Å². The summed E-state index contributed by atoms with van der Waals surface area (Å²) in [5.74, 6) is 4.58. The van der Waals surface area contributed by atoms with Crippen LogP contribution >= 0.6 is 0 Å². The molecule has 0 atom stereocenters. The molecule has 0 aliphatic heterocycles. The lowest BCUT2D eigenvalue weighted by atomic mass is 10.1. The monoisotopic (exact) mass is 226 g/mol. The molecule has 0 saturated carbocycles. The summed E-state index contributed by atoms with van der Waals surface area (Å²) in [5, 5.41) is 8.59. The third-order valence-electron chi connectivity index (χ3n) is 2.06. The van der Waals surface area contributed by atoms with Crippen molar-refractivity contribution in [3.63, 3.8) is 0 Å². The lowest BCUT2D eigenvalue weighted by Gasteiger charge is -1.95. The molecule has 0 unspecified atom stereocenters. The second kappa shape index (κ2) is 4.38. The van der Waals surface area contributed by atoms with E-state index in [1.807, 2.05) is 6.07 Å². The summed E-state index contributed by atoms with van der Waals surface area (Å²) < 4.78 is 4.40. The zero-order chi connectivity index (χ0) is 12.3. The van der Waals surface area contributed by atoms with Gasteiger partial charge in [0.1, 0.15) is 0 Å². The van der Waals surface area contributed by atoms with E-state index in [0.717, 1.165) is 0 Å². The average molecular weight is 226 g/mol. The summed E-state index contributed by atoms with van der Waals surface area (Å²) in [6.07, 6.45) is 0.123. The molecule has 0 bridgehead atoms. The van der Waals surface area contributed by atoms with Crippen molar-refractivity contribution in [2.24, 2.45) is 0 Å². The van der Waals surface area contributed by atoms with E-state index in [4.69, 9.17) is 5.26 Å². The standard InChI is InChI=1S/C12H6N2O3/c13-6-2-1-3-8-4-5-10-9(7-8)11(15)17-12(16)14-10/h4-5,7H,2H2,(H,14,16). The number of aromatic amines is 1. The molecule has 17 heavy (non-hydrogen) atoms. The van der Waals surface area contributed by atoms with Crippen molar-refractivity contribution < 1.29 is 4.42 Å². The Morgan fingerprint density at radius 3 is 2.94 bits per heavy atom. The first kappa shape index (κ1) is 10.7. The van der Waals surface area contributed by atoms with Crippen molar-refractivity contribution in [3.8, 4) is 17.9 Å². The topological polar surface area (TPSA) is 86.9 Å². The van der Waals surface area contributed by atoms with E-state index in [2.05, 4.69) is 21.2 Å². The Kier molecular flexibility index (Phi) is 2.76. The summed E-state index contributed by atoms with van der Waals surface area (Å²) in [5.41, 5.74) is 0.289. The minimum atomic E-state index is -0.786. The van der Waals surface area contributed by atoms with Crippen LogP contribution in [0.3, 0.4) is 0 Å². The number of H-pyrrole nitrogens is 1. The van der Waals surface area contributed by atoms with Gasteiger partial charge in [-0.05, 0) is 18.2 Å². The molecular formula is C12H6N2O3.